The molecule has 2 unspecified atom stereocenters. The molecule has 0 radical (unpaired) electrons. The van der Waals surface area contributed by atoms with Gasteiger partial charge in [0.05, 0.1) is 0 Å². The van der Waals surface area contributed by atoms with Gasteiger partial charge in [0.2, 0.25) is 0 Å². The zero-order valence-corrected chi connectivity index (χ0v) is 13.5. The zero-order chi connectivity index (χ0) is 14.0. The molecule has 2 atom stereocenters. The van der Waals surface area contributed by atoms with Gasteiger partial charge in [0.15, 0.2) is 0 Å². The summed E-state index contributed by atoms with van der Waals surface area (Å²) in [5.74, 6) is 1.88. The Hall–Kier alpha value is -0.0800. The van der Waals surface area contributed by atoms with Crippen LogP contribution < -0.4 is 5.73 Å². The average molecular weight is 266 g/mol. The molecule has 2 nitrogen and oxygen atoms in total. The number of hydrogen-bond acceptors (Lipinski definition) is 2. The van der Waals surface area contributed by atoms with E-state index >= 15 is 0 Å². The summed E-state index contributed by atoms with van der Waals surface area (Å²) in [4.78, 5) is 2.70. The topological polar surface area (TPSA) is 29.3 Å². The first-order valence-corrected chi connectivity index (χ1v) is 8.36. The average Bonchev–Trinajstić information content (AvgIpc) is 2.32. The van der Waals surface area contributed by atoms with E-state index in [1.807, 2.05) is 0 Å². The van der Waals surface area contributed by atoms with Crippen molar-refractivity contribution in [1.82, 2.24) is 4.90 Å². The first-order valence-electron chi connectivity index (χ1n) is 8.36. The second kappa shape index (κ2) is 6.13. The van der Waals surface area contributed by atoms with E-state index in [0.29, 0.717) is 17.5 Å². The van der Waals surface area contributed by atoms with Crippen LogP contribution in [0.4, 0.5) is 0 Å². The van der Waals surface area contributed by atoms with Crippen molar-refractivity contribution in [3.8, 4) is 0 Å². The molecule has 112 valence electrons. The Bertz CT molecular complexity index is 273. The lowest BCUT2D eigenvalue weighted by molar-refractivity contribution is 0.0880. The minimum Gasteiger partial charge on any atom is -0.328 e. The predicted molar refractivity (Wildman–Crippen MR) is 83.1 cm³/mol. The maximum Gasteiger partial charge on any atom is 0.00817 e. The monoisotopic (exact) mass is 266 g/mol. The van der Waals surface area contributed by atoms with Gasteiger partial charge in [0, 0.05) is 18.6 Å². The molecule has 0 spiro atoms. The van der Waals surface area contributed by atoms with Crippen molar-refractivity contribution >= 4 is 0 Å². The van der Waals surface area contributed by atoms with Crippen molar-refractivity contribution in [3.05, 3.63) is 0 Å². The first-order chi connectivity index (χ1) is 8.86. The fourth-order valence-electron chi connectivity index (χ4n) is 4.07. The Balaban J connectivity index is 1.76. The highest BCUT2D eigenvalue weighted by molar-refractivity contribution is 4.85. The standard InChI is InChI=1S/C17H34N2/c1-13-11-16(18)9-10-19(13)12-14-5-7-15(8-6-14)17(2,3)4/h13-16H,5-12,18H2,1-4H3. The van der Waals surface area contributed by atoms with Crippen LogP contribution in [0.2, 0.25) is 0 Å². The van der Waals surface area contributed by atoms with Gasteiger partial charge in [-0.25, -0.2) is 0 Å². The van der Waals surface area contributed by atoms with E-state index in [2.05, 4.69) is 32.6 Å². The molecule has 0 aromatic heterocycles. The van der Waals surface area contributed by atoms with Crippen LogP contribution in [0.25, 0.3) is 0 Å². The van der Waals surface area contributed by atoms with Crippen LogP contribution in [0.3, 0.4) is 0 Å². The van der Waals surface area contributed by atoms with Crippen LogP contribution in [-0.2, 0) is 0 Å². The van der Waals surface area contributed by atoms with Gasteiger partial charge in [0.25, 0.3) is 0 Å². The maximum absolute atomic E-state index is 6.06. The number of nitrogens with zero attached hydrogens (tertiary/aromatic N) is 1. The van der Waals surface area contributed by atoms with Gasteiger partial charge in [-0.2, -0.15) is 0 Å². The van der Waals surface area contributed by atoms with Gasteiger partial charge in [-0.1, -0.05) is 20.8 Å². The van der Waals surface area contributed by atoms with Crippen LogP contribution in [0.15, 0.2) is 0 Å². The third-order valence-corrected chi connectivity index (χ3v) is 5.62. The molecular formula is C17H34N2. The molecule has 2 N–H and O–H groups in total. The Morgan fingerprint density at radius 3 is 2.21 bits per heavy atom. The molecule has 1 aliphatic heterocycles. The molecule has 2 fully saturated rings. The number of rotatable bonds is 2. The number of piperidine rings is 1. The van der Waals surface area contributed by atoms with Crippen molar-refractivity contribution < 1.29 is 0 Å². The summed E-state index contributed by atoms with van der Waals surface area (Å²) in [7, 11) is 0. The molecule has 0 aromatic carbocycles. The highest BCUT2D eigenvalue weighted by Gasteiger charge is 2.31. The molecule has 2 rings (SSSR count). The molecule has 1 aliphatic carbocycles. The molecular weight excluding hydrogens is 232 g/mol. The van der Waals surface area contributed by atoms with E-state index in [0.717, 1.165) is 11.8 Å². The Morgan fingerprint density at radius 2 is 1.68 bits per heavy atom. The normalized spacial score (nSPS) is 38.4. The van der Waals surface area contributed by atoms with Gasteiger partial charge >= 0.3 is 0 Å². The lowest BCUT2D eigenvalue weighted by Crippen LogP contribution is -2.47. The number of hydrogen-bond donors (Lipinski definition) is 1. The second-order valence-corrected chi connectivity index (χ2v) is 8.21. The van der Waals surface area contributed by atoms with E-state index in [9.17, 15) is 0 Å². The summed E-state index contributed by atoms with van der Waals surface area (Å²) in [6, 6.07) is 1.15. The fourth-order valence-corrected chi connectivity index (χ4v) is 4.07. The van der Waals surface area contributed by atoms with Crippen LogP contribution in [0.1, 0.15) is 66.2 Å². The van der Waals surface area contributed by atoms with Gasteiger partial charge in [-0.15, -0.1) is 0 Å². The summed E-state index contributed by atoms with van der Waals surface area (Å²) in [6.45, 7) is 12.1. The van der Waals surface area contributed by atoms with E-state index in [1.54, 1.807) is 0 Å². The Morgan fingerprint density at radius 1 is 1.05 bits per heavy atom. The van der Waals surface area contributed by atoms with Crippen molar-refractivity contribution in [3.63, 3.8) is 0 Å². The van der Waals surface area contributed by atoms with Crippen LogP contribution >= 0.6 is 0 Å². The van der Waals surface area contributed by atoms with Crippen LogP contribution in [-0.4, -0.2) is 30.1 Å². The largest absolute Gasteiger partial charge is 0.328 e. The molecule has 19 heavy (non-hydrogen) atoms. The molecule has 1 saturated heterocycles. The summed E-state index contributed by atoms with van der Waals surface area (Å²) in [5, 5.41) is 0. The van der Waals surface area contributed by atoms with Gasteiger partial charge in [0.1, 0.15) is 0 Å². The highest BCUT2D eigenvalue weighted by atomic mass is 15.2. The Kier molecular flexibility index (Phi) is 4.94. The summed E-state index contributed by atoms with van der Waals surface area (Å²) in [5.41, 5.74) is 6.57. The minimum atomic E-state index is 0.447. The van der Waals surface area contributed by atoms with E-state index in [-0.39, 0.29) is 0 Å². The first kappa shape index (κ1) is 15.3. The van der Waals surface area contributed by atoms with E-state index in [1.165, 1.54) is 51.6 Å². The predicted octanol–water partition coefficient (Wildman–Crippen LogP) is 3.65. The van der Waals surface area contributed by atoms with Crippen molar-refractivity contribution in [2.45, 2.75) is 78.3 Å². The summed E-state index contributed by atoms with van der Waals surface area (Å²) < 4.78 is 0. The molecule has 0 amide bonds. The smallest absolute Gasteiger partial charge is 0.00817 e. The fraction of sp³-hybridized carbons (Fsp3) is 1.00. The zero-order valence-electron chi connectivity index (χ0n) is 13.5. The second-order valence-electron chi connectivity index (χ2n) is 8.21. The molecule has 1 heterocycles. The molecule has 0 aromatic rings. The van der Waals surface area contributed by atoms with Gasteiger partial charge < -0.3 is 10.6 Å². The van der Waals surface area contributed by atoms with Gasteiger partial charge in [-0.05, 0) is 69.2 Å². The van der Waals surface area contributed by atoms with Crippen LogP contribution in [0, 0.1) is 17.3 Å². The van der Waals surface area contributed by atoms with Crippen molar-refractivity contribution in [2.24, 2.45) is 23.0 Å². The SMILES string of the molecule is CC1CC(N)CCN1CC1CCC(C(C)(C)C)CC1. The highest BCUT2D eigenvalue weighted by Crippen LogP contribution is 2.40. The lowest BCUT2D eigenvalue weighted by Gasteiger charge is -2.42. The molecule has 1 saturated carbocycles. The quantitative estimate of drug-likeness (QED) is 0.826. The van der Waals surface area contributed by atoms with Crippen molar-refractivity contribution in [1.29, 1.82) is 0 Å². The van der Waals surface area contributed by atoms with Crippen molar-refractivity contribution in [2.75, 3.05) is 13.1 Å². The lowest BCUT2D eigenvalue weighted by atomic mass is 9.69. The van der Waals surface area contributed by atoms with Crippen LogP contribution in [0.5, 0.6) is 0 Å². The molecule has 2 heteroatoms. The maximum atomic E-state index is 6.06. The Labute approximate surface area is 120 Å². The van der Waals surface area contributed by atoms with Gasteiger partial charge in [-0.3, -0.25) is 0 Å². The molecule has 2 aliphatic rings. The number of nitrogens with two attached hydrogens (primary N) is 1. The third-order valence-electron chi connectivity index (χ3n) is 5.62. The van der Waals surface area contributed by atoms with E-state index < -0.39 is 0 Å². The molecule has 0 bridgehead atoms. The minimum absolute atomic E-state index is 0.447. The van der Waals surface area contributed by atoms with E-state index in [4.69, 9.17) is 5.73 Å². The third kappa shape index (κ3) is 4.19. The summed E-state index contributed by atoms with van der Waals surface area (Å²) >= 11 is 0. The number of likely N-dealkylation sites (tertiary alicyclic amines) is 1. The summed E-state index contributed by atoms with van der Waals surface area (Å²) in [6.07, 6.45) is 8.15.